The van der Waals surface area contributed by atoms with Gasteiger partial charge in [-0.2, -0.15) is 0 Å². The van der Waals surface area contributed by atoms with Gasteiger partial charge in [0, 0.05) is 22.0 Å². The molecule has 0 spiro atoms. The molecule has 0 N–H and O–H groups in total. The molecule has 0 aliphatic carbocycles. The summed E-state index contributed by atoms with van der Waals surface area (Å²) in [7, 11) is 3.49. The fraction of sp³-hybridized carbons (Fsp3) is 0.442. The first-order valence-electron chi connectivity index (χ1n) is 18.0. The third-order valence-electron chi connectivity index (χ3n) is 9.93. The molecule has 1 heterocycles. The first-order chi connectivity index (χ1) is 23.8. The number of hydrogen-bond acceptors (Lipinski definition) is 4. The molecule has 4 aromatic carbocycles. The van der Waals surface area contributed by atoms with Crippen LogP contribution in [0.4, 0.5) is 0 Å². The molecule has 4 aromatic rings. The van der Waals surface area contributed by atoms with Gasteiger partial charge in [-0.05, 0) is 159 Å². The lowest BCUT2D eigenvalue weighted by Gasteiger charge is -2.28. The summed E-state index contributed by atoms with van der Waals surface area (Å²) < 4.78 is 13.3. The van der Waals surface area contributed by atoms with Crippen molar-refractivity contribution < 1.29 is 9.47 Å². The van der Waals surface area contributed by atoms with Crippen molar-refractivity contribution in [3.63, 3.8) is 0 Å². The Morgan fingerprint density at radius 3 is 1.57 bits per heavy atom. The van der Waals surface area contributed by atoms with Crippen LogP contribution in [0.5, 0.6) is 11.5 Å². The number of ether oxygens (including phenoxy) is 2. The molecule has 4 nitrogen and oxygen atoms in total. The van der Waals surface area contributed by atoms with Gasteiger partial charge in [0.25, 0.3) is 0 Å². The normalized spacial score (nSPS) is 13.2. The van der Waals surface area contributed by atoms with Gasteiger partial charge in [-0.25, -0.2) is 0 Å². The van der Waals surface area contributed by atoms with Crippen molar-refractivity contribution >= 4 is 31.9 Å². The Morgan fingerprint density at radius 2 is 1.08 bits per heavy atom. The van der Waals surface area contributed by atoms with Crippen LogP contribution in [0.25, 0.3) is 0 Å². The van der Waals surface area contributed by atoms with E-state index in [1.54, 1.807) is 14.2 Å². The zero-order valence-electron chi connectivity index (χ0n) is 30.6. The van der Waals surface area contributed by atoms with Gasteiger partial charge in [0.1, 0.15) is 11.5 Å². The topological polar surface area (TPSA) is 24.9 Å². The highest BCUT2D eigenvalue weighted by atomic mass is 79.9. The number of benzene rings is 4. The van der Waals surface area contributed by atoms with Crippen molar-refractivity contribution in [2.24, 2.45) is 0 Å². The number of rotatable bonds is 14. The van der Waals surface area contributed by atoms with Gasteiger partial charge in [-0.3, -0.25) is 9.80 Å². The maximum Gasteiger partial charge on any atom is 0.122 e. The smallest absolute Gasteiger partial charge is 0.122 e. The van der Waals surface area contributed by atoms with E-state index in [0.29, 0.717) is 0 Å². The molecule has 6 heteroatoms. The van der Waals surface area contributed by atoms with Crippen molar-refractivity contribution in [1.82, 2.24) is 9.80 Å². The minimum atomic E-state index is 0.969. The zero-order valence-corrected chi connectivity index (χ0v) is 33.8. The molecule has 0 atom stereocenters. The predicted molar refractivity (Wildman–Crippen MR) is 214 cm³/mol. The quantitative estimate of drug-likeness (QED) is 0.127. The van der Waals surface area contributed by atoms with E-state index in [1.807, 2.05) is 24.3 Å². The zero-order chi connectivity index (χ0) is 35.2. The number of hydrogen-bond donors (Lipinski definition) is 0. The standard InChI is InChI=1S/C22H28BrNO.C21H28BrNO/c1-17-7-6-8-18(21(17)16-24-13-4-3-5-14-24)9-10-19-15-20(23)11-12-22(19)25-2;1-5-23(6-2)15-20-16(3)8-7-9-17(20)10-11-18-14-19(22)12-13-21(18)24-4/h6-8,11-12,15H,3-5,9-10,13-14,16H2,1-2H3;7-9,12-14H,5-6,10-11,15H2,1-4H3. The van der Waals surface area contributed by atoms with Gasteiger partial charge in [-0.15, -0.1) is 0 Å². The summed E-state index contributed by atoms with van der Waals surface area (Å²) in [6.07, 6.45) is 8.14. The van der Waals surface area contributed by atoms with Crippen molar-refractivity contribution in [3.05, 3.63) is 126 Å². The lowest BCUT2D eigenvalue weighted by atomic mass is 9.95. The number of aryl methyl sites for hydroxylation is 6. The average molecular weight is 793 g/mol. The predicted octanol–water partition coefficient (Wildman–Crippen LogP) is 10.9. The highest BCUT2D eigenvalue weighted by Gasteiger charge is 2.15. The van der Waals surface area contributed by atoms with E-state index in [4.69, 9.17) is 9.47 Å². The van der Waals surface area contributed by atoms with Gasteiger partial charge in [0.15, 0.2) is 0 Å². The van der Waals surface area contributed by atoms with Crippen molar-refractivity contribution in [1.29, 1.82) is 0 Å². The second kappa shape index (κ2) is 20.3. The third-order valence-corrected chi connectivity index (χ3v) is 10.9. The Balaban J connectivity index is 0.000000221. The van der Waals surface area contributed by atoms with Gasteiger partial charge >= 0.3 is 0 Å². The molecule has 1 aliphatic rings. The Bertz CT molecular complexity index is 1610. The van der Waals surface area contributed by atoms with E-state index < -0.39 is 0 Å². The molecule has 0 saturated carbocycles. The molecule has 1 aliphatic heterocycles. The van der Waals surface area contributed by atoms with Crippen LogP contribution in [0.3, 0.4) is 0 Å². The molecule has 0 amide bonds. The molecule has 0 unspecified atom stereocenters. The molecule has 5 rings (SSSR count). The average Bonchev–Trinajstić information content (AvgIpc) is 3.11. The van der Waals surface area contributed by atoms with Gasteiger partial charge in [0.05, 0.1) is 14.2 Å². The summed E-state index contributed by atoms with van der Waals surface area (Å²) in [4.78, 5) is 5.10. The van der Waals surface area contributed by atoms with Crippen LogP contribution in [0.15, 0.2) is 81.7 Å². The molecular formula is C43H56Br2N2O2. The number of methoxy groups -OCH3 is 2. The monoisotopic (exact) mass is 790 g/mol. The van der Waals surface area contributed by atoms with Crippen LogP contribution in [-0.4, -0.2) is 50.2 Å². The van der Waals surface area contributed by atoms with E-state index in [1.165, 1.54) is 76.9 Å². The molecule has 1 saturated heterocycles. The van der Waals surface area contributed by atoms with Gasteiger partial charge in [-0.1, -0.05) is 88.5 Å². The third kappa shape index (κ3) is 11.7. The Hall–Kier alpha value is -2.64. The van der Waals surface area contributed by atoms with E-state index in [2.05, 4.69) is 118 Å². The first kappa shape index (κ1) is 39.2. The molecule has 1 fully saturated rings. The fourth-order valence-corrected chi connectivity index (χ4v) is 7.70. The number of piperidine rings is 1. The van der Waals surface area contributed by atoms with Crippen LogP contribution >= 0.6 is 31.9 Å². The molecule has 0 bridgehead atoms. The van der Waals surface area contributed by atoms with Gasteiger partial charge < -0.3 is 9.47 Å². The second-order valence-corrected chi connectivity index (χ2v) is 15.0. The Kier molecular flexibility index (Phi) is 16.2. The number of likely N-dealkylation sites (tertiary alicyclic amines) is 1. The van der Waals surface area contributed by atoms with Crippen LogP contribution in [-0.2, 0) is 38.8 Å². The molecule has 264 valence electrons. The summed E-state index contributed by atoms with van der Waals surface area (Å²) in [5.74, 6) is 1.95. The van der Waals surface area contributed by atoms with E-state index >= 15 is 0 Å². The minimum Gasteiger partial charge on any atom is -0.496 e. The highest BCUT2D eigenvalue weighted by molar-refractivity contribution is 9.10. The van der Waals surface area contributed by atoms with E-state index in [-0.39, 0.29) is 0 Å². The Labute approximate surface area is 313 Å². The first-order valence-corrected chi connectivity index (χ1v) is 19.6. The highest BCUT2D eigenvalue weighted by Crippen LogP contribution is 2.28. The summed E-state index contributed by atoms with van der Waals surface area (Å²) in [5, 5.41) is 0. The lowest BCUT2D eigenvalue weighted by Crippen LogP contribution is -2.29. The van der Waals surface area contributed by atoms with Crippen molar-refractivity contribution in [2.45, 2.75) is 85.7 Å². The second-order valence-electron chi connectivity index (χ2n) is 13.1. The van der Waals surface area contributed by atoms with Gasteiger partial charge in [0.2, 0.25) is 0 Å². The van der Waals surface area contributed by atoms with E-state index in [9.17, 15) is 0 Å². The number of halogens is 2. The molecule has 49 heavy (non-hydrogen) atoms. The fourth-order valence-electron chi connectivity index (χ4n) is 6.88. The van der Waals surface area contributed by atoms with Crippen LogP contribution in [0.1, 0.15) is 77.6 Å². The van der Waals surface area contributed by atoms with Crippen molar-refractivity contribution in [3.8, 4) is 11.5 Å². The maximum atomic E-state index is 5.54. The lowest BCUT2D eigenvalue weighted by molar-refractivity contribution is 0.220. The van der Waals surface area contributed by atoms with E-state index in [0.717, 1.165) is 72.3 Å². The maximum absolute atomic E-state index is 5.54. The largest absolute Gasteiger partial charge is 0.496 e. The molecular weight excluding hydrogens is 736 g/mol. The van der Waals surface area contributed by atoms with Crippen molar-refractivity contribution in [2.75, 3.05) is 40.4 Å². The minimum absolute atomic E-state index is 0.969. The Morgan fingerprint density at radius 1 is 0.612 bits per heavy atom. The molecule has 0 aromatic heterocycles. The van der Waals surface area contributed by atoms with Crippen LogP contribution in [0, 0.1) is 13.8 Å². The summed E-state index contributed by atoms with van der Waals surface area (Å²) in [6, 6.07) is 25.9. The molecule has 0 radical (unpaired) electrons. The van der Waals surface area contributed by atoms with Crippen LogP contribution in [0.2, 0.25) is 0 Å². The summed E-state index contributed by atoms with van der Waals surface area (Å²) >= 11 is 7.15. The van der Waals surface area contributed by atoms with Crippen LogP contribution < -0.4 is 9.47 Å². The number of nitrogens with zero attached hydrogens (tertiary/aromatic N) is 2. The summed E-state index contributed by atoms with van der Waals surface area (Å²) in [5.41, 5.74) is 11.3. The summed E-state index contributed by atoms with van der Waals surface area (Å²) in [6.45, 7) is 15.7. The SMILES string of the molecule is CCN(CC)Cc1c(C)cccc1CCc1cc(Br)ccc1OC.COc1ccc(Br)cc1CCc1cccc(C)c1CN1CCCCC1.